The van der Waals surface area contributed by atoms with Gasteiger partial charge in [0.25, 0.3) is 5.91 Å². The molecule has 2 N–H and O–H groups in total. The van der Waals surface area contributed by atoms with Gasteiger partial charge in [0.2, 0.25) is 5.78 Å². The summed E-state index contributed by atoms with van der Waals surface area (Å²) >= 11 is 3.43. The maximum atomic E-state index is 13.9. The van der Waals surface area contributed by atoms with Crippen LogP contribution in [0.5, 0.6) is 5.75 Å². The zero-order valence-electron chi connectivity index (χ0n) is 19.7. The van der Waals surface area contributed by atoms with Crippen LogP contribution in [-0.4, -0.2) is 33.8 Å². The molecule has 0 bridgehead atoms. The first-order chi connectivity index (χ1) is 18.0. The molecule has 1 atom stereocenters. The number of aromatic amines is 1. The molecule has 0 fully saturated rings. The highest BCUT2D eigenvalue weighted by Gasteiger charge is 2.45. The number of ketones is 1. The molecule has 3 heterocycles. The summed E-state index contributed by atoms with van der Waals surface area (Å²) in [5.41, 5.74) is 2.81. The van der Waals surface area contributed by atoms with Gasteiger partial charge in [-0.3, -0.25) is 9.59 Å². The molecule has 2 aromatic heterocycles. The molecule has 8 heteroatoms. The van der Waals surface area contributed by atoms with Gasteiger partial charge in [0.1, 0.15) is 11.3 Å². The smallest absolute Gasteiger partial charge is 0.290 e. The zero-order chi connectivity index (χ0) is 25.7. The van der Waals surface area contributed by atoms with E-state index in [2.05, 4.69) is 20.9 Å². The molecule has 1 unspecified atom stereocenters. The molecule has 7 nitrogen and oxygen atoms in total. The number of amides is 1. The van der Waals surface area contributed by atoms with Crippen LogP contribution in [0.4, 0.5) is 0 Å². The number of fused-ring (bicyclic) bond motifs is 2. The van der Waals surface area contributed by atoms with E-state index in [1.54, 1.807) is 25.4 Å². The van der Waals surface area contributed by atoms with Crippen LogP contribution in [-0.2, 0) is 11.3 Å². The van der Waals surface area contributed by atoms with Crippen molar-refractivity contribution < 1.29 is 23.8 Å². The summed E-state index contributed by atoms with van der Waals surface area (Å²) < 4.78 is 12.2. The summed E-state index contributed by atoms with van der Waals surface area (Å²) in [7, 11) is 1.56. The Morgan fingerprint density at radius 3 is 2.73 bits per heavy atom. The SMILES string of the molecule is COc1ccccc1CN1C(=O)C(O)=C(C(=O)c2cc3cc(Br)ccc3o2)C1c1c[nH]c2ccccc12. The molecule has 3 aromatic carbocycles. The molecule has 37 heavy (non-hydrogen) atoms. The molecule has 0 aliphatic carbocycles. The van der Waals surface area contributed by atoms with Crippen LogP contribution in [0.1, 0.15) is 27.7 Å². The number of Topliss-reactive ketones (excluding diaryl/α,β-unsaturated/α-hetero) is 1. The Morgan fingerprint density at radius 2 is 1.89 bits per heavy atom. The summed E-state index contributed by atoms with van der Waals surface area (Å²) in [4.78, 5) is 32.1. The van der Waals surface area contributed by atoms with Crippen LogP contribution < -0.4 is 4.74 Å². The number of hydrogen-bond donors (Lipinski definition) is 2. The number of aromatic nitrogens is 1. The molecular formula is C29H21BrN2O5. The normalized spacial score (nSPS) is 15.8. The fourth-order valence-corrected chi connectivity index (χ4v) is 5.35. The number of carbonyl (C=O) groups excluding carboxylic acids is 2. The van der Waals surface area contributed by atoms with Crippen molar-refractivity contribution in [2.24, 2.45) is 0 Å². The quantitative estimate of drug-likeness (QED) is 0.234. The van der Waals surface area contributed by atoms with E-state index in [1.807, 2.05) is 60.7 Å². The number of ether oxygens (including phenoxy) is 1. The lowest BCUT2D eigenvalue weighted by molar-refractivity contribution is -0.130. The molecule has 0 saturated heterocycles. The second-order valence-electron chi connectivity index (χ2n) is 8.82. The topological polar surface area (TPSA) is 95.8 Å². The van der Waals surface area contributed by atoms with Crippen LogP contribution in [0.15, 0.2) is 99.2 Å². The number of H-pyrrole nitrogens is 1. The average Bonchev–Trinajstić information content (AvgIpc) is 3.59. The number of nitrogens with one attached hydrogen (secondary N) is 1. The highest BCUT2D eigenvalue weighted by atomic mass is 79.9. The molecule has 184 valence electrons. The Labute approximate surface area is 220 Å². The van der Waals surface area contributed by atoms with Crippen molar-refractivity contribution in [3.63, 3.8) is 0 Å². The van der Waals surface area contributed by atoms with Crippen LogP contribution in [0.3, 0.4) is 0 Å². The fraction of sp³-hybridized carbons (Fsp3) is 0.103. The van der Waals surface area contributed by atoms with E-state index < -0.39 is 23.5 Å². The van der Waals surface area contributed by atoms with Crippen LogP contribution in [0.25, 0.3) is 21.9 Å². The largest absolute Gasteiger partial charge is 0.503 e. The minimum Gasteiger partial charge on any atom is -0.503 e. The molecule has 0 radical (unpaired) electrons. The molecule has 0 saturated carbocycles. The summed E-state index contributed by atoms with van der Waals surface area (Å²) in [6, 6.07) is 21.2. The first-order valence-corrected chi connectivity index (χ1v) is 12.4. The summed E-state index contributed by atoms with van der Waals surface area (Å²) in [5.74, 6) is -1.11. The molecule has 1 aliphatic rings. The second kappa shape index (κ2) is 8.97. The number of benzene rings is 3. The Balaban J connectivity index is 1.50. The molecular weight excluding hydrogens is 536 g/mol. The maximum absolute atomic E-state index is 13.9. The van der Waals surface area contributed by atoms with E-state index in [9.17, 15) is 14.7 Å². The Kier molecular flexibility index (Phi) is 5.61. The number of aliphatic hydroxyl groups excluding tert-OH is 1. The minimum atomic E-state index is -0.846. The standard InChI is InChI=1S/C29H21BrN2O5/c1-36-22-9-5-2-6-16(22)15-32-26(20-14-31-21-8-4-3-7-19(20)21)25(28(34)29(32)35)27(33)24-13-17-12-18(30)10-11-23(17)37-24/h2-14,26,31,34H,15H2,1H3. The summed E-state index contributed by atoms with van der Waals surface area (Å²) in [6.07, 6.45) is 1.78. The Morgan fingerprint density at radius 1 is 1.11 bits per heavy atom. The number of furan rings is 1. The van der Waals surface area contributed by atoms with Gasteiger partial charge in [-0.2, -0.15) is 0 Å². The highest BCUT2D eigenvalue weighted by molar-refractivity contribution is 9.10. The van der Waals surface area contributed by atoms with E-state index in [-0.39, 0.29) is 17.9 Å². The summed E-state index contributed by atoms with van der Waals surface area (Å²) in [5, 5.41) is 12.7. The molecule has 5 aromatic rings. The highest BCUT2D eigenvalue weighted by Crippen LogP contribution is 2.43. The zero-order valence-corrected chi connectivity index (χ0v) is 21.3. The second-order valence-corrected chi connectivity index (χ2v) is 9.74. The average molecular weight is 557 g/mol. The lowest BCUT2D eigenvalue weighted by Gasteiger charge is -2.27. The monoisotopic (exact) mass is 556 g/mol. The Hall–Kier alpha value is -4.30. The lowest BCUT2D eigenvalue weighted by atomic mass is 9.94. The number of carbonyl (C=O) groups is 2. The Bertz CT molecular complexity index is 1730. The van der Waals surface area contributed by atoms with Crippen molar-refractivity contribution in [2.75, 3.05) is 7.11 Å². The number of aliphatic hydroxyl groups is 1. The van der Waals surface area contributed by atoms with Gasteiger partial charge in [0.05, 0.1) is 25.3 Å². The number of para-hydroxylation sites is 2. The van der Waals surface area contributed by atoms with Gasteiger partial charge in [-0.1, -0.05) is 52.3 Å². The van der Waals surface area contributed by atoms with Crippen LogP contribution in [0, 0.1) is 0 Å². The number of halogens is 1. The maximum Gasteiger partial charge on any atom is 0.290 e. The fourth-order valence-electron chi connectivity index (χ4n) is 4.97. The lowest BCUT2D eigenvalue weighted by Crippen LogP contribution is -2.30. The minimum absolute atomic E-state index is 0.0252. The number of rotatable bonds is 6. The predicted molar refractivity (Wildman–Crippen MR) is 142 cm³/mol. The van der Waals surface area contributed by atoms with Crippen LogP contribution in [0.2, 0.25) is 0 Å². The van der Waals surface area contributed by atoms with E-state index in [4.69, 9.17) is 9.15 Å². The van der Waals surface area contributed by atoms with Crippen molar-refractivity contribution in [1.82, 2.24) is 9.88 Å². The molecule has 6 rings (SSSR count). The van der Waals surface area contributed by atoms with Gasteiger partial charge >= 0.3 is 0 Å². The van der Waals surface area contributed by atoms with E-state index in [0.29, 0.717) is 16.9 Å². The molecule has 1 amide bonds. The van der Waals surface area contributed by atoms with Crippen molar-refractivity contribution >= 4 is 49.5 Å². The van der Waals surface area contributed by atoms with Gasteiger partial charge in [0.15, 0.2) is 11.5 Å². The number of hydrogen-bond acceptors (Lipinski definition) is 5. The first kappa shape index (κ1) is 23.1. The van der Waals surface area contributed by atoms with E-state index >= 15 is 0 Å². The van der Waals surface area contributed by atoms with E-state index in [1.165, 1.54) is 4.90 Å². The van der Waals surface area contributed by atoms with Gasteiger partial charge in [-0.15, -0.1) is 0 Å². The van der Waals surface area contributed by atoms with Crippen molar-refractivity contribution in [1.29, 1.82) is 0 Å². The molecule has 1 aliphatic heterocycles. The van der Waals surface area contributed by atoms with Gasteiger partial charge in [-0.25, -0.2) is 0 Å². The van der Waals surface area contributed by atoms with Gasteiger partial charge in [0, 0.05) is 38.1 Å². The van der Waals surface area contributed by atoms with Crippen LogP contribution >= 0.6 is 15.9 Å². The van der Waals surface area contributed by atoms with E-state index in [0.717, 1.165) is 26.3 Å². The third-order valence-corrected chi connectivity index (χ3v) is 7.19. The van der Waals surface area contributed by atoms with Crippen molar-refractivity contribution in [3.8, 4) is 5.75 Å². The van der Waals surface area contributed by atoms with Crippen molar-refractivity contribution in [3.05, 3.63) is 112 Å². The third kappa shape index (κ3) is 3.81. The van der Waals surface area contributed by atoms with Crippen molar-refractivity contribution in [2.45, 2.75) is 12.6 Å². The van der Waals surface area contributed by atoms with Gasteiger partial charge < -0.3 is 24.1 Å². The summed E-state index contributed by atoms with van der Waals surface area (Å²) in [6.45, 7) is 0.126. The predicted octanol–water partition coefficient (Wildman–Crippen LogP) is 6.46. The number of nitrogens with zero attached hydrogens (tertiary/aromatic N) is 1. The molecule has 0 spiro atoms. The van der Waals surface area contributed by atoms with Gasteiger partial charge in [-0.05, 0) is 36.4 Å². The first-order valence-electron chi connectivity index (χ1n) is 11.6. The number of methoxy groups -OCH3 is 1. The third-order valence-electron chi connectivity index (χ3n) is 6.70.